The zero-order chi connectivity index (χ0) is 12.4. The summed E-state index contributed by atoms with van der Waals surface area (Å²) in [5, 5.41) is 3.06. The molecule has 6 heteroatoms. The van der Waals surface area contributed by atoms with E-state index >= 15 is 0 Å². The molecule has 0 saturated heterocycles. The van der Waals surface area contributed by atoms with Gasteiger partial charge < -0.3 is 15.8 Å². The predicted molar refractivity (Wildman–Crippen MR) is 69.5 cm³/mol. The number of fused-ring (bicyclic) bond motifs is 1. The average molecular weight is 243 g/mol. The van der Waals surface area contributed by atoms with Gasteiger partial charge in [-0.15, -0.1) is 0 Å². The van der Waals surface area contributed by atoms with Gasteiger partial charge in [-0.2, -0.15) is 4.99 Å². The molecule has 1 aromatic rings. The van der Waals surface area contributed by atoms with Crippen LogP contribution in [-0.4, -0.2) is 30.4 Å². The molecule has 1 aromatic carbocycles. The van der Waals surface area contributed by atoms with Crippen molar-refractivity contribution in [2.75, 3.05) is 0 Å². The zero-order valence-electron chi connectivity index (χ0n) is 9.65. The zero-order valence-corrected chi connectivity index (χ0v) is 9.65. The van der Waals surface area contributed by atoms with Crippen molar-refractivity contribution in [1.82, 2.24) is 5.32 Å². The summed E-state index contributed by atoms with van der Waals surface area (Å²) in [7, 11) is 0. The van der Waals surface area contributed by atoms with Crippen LogP contribution in [0.1, 0.15) is 5.56 Å². The lowest BCUT2D eigenvalue weighted by Gasteiger charge is -2.21. The average Bonchev–Trinajstić information content (AvgIpc) is 2.85. The number of rotatable bonds is 2. The number of aliphatic imine (C=N–C) groups is 3. The Bertz CT molecular complexity index is 523. The second-order valence-corrected chi connectivity index (χ2v) is 4.05. The molecule has 0 bridgehead atoms. The highest BCUT2D eigenvalue weighted by atomic mass is 16.5. The van der Waals surface area contributed by atoms with E-state index in [-0.39, 0.29) is 18.2 Å². The highest BCUT2D eigenvalue weighted by Crippen LogP contribution is 2.14. The van der Waals surface area contributed by atoms with Gasteiger partial charge in [0.15, 0.2) is 6.17 Å². The first kappa shape index (κ1) is 10.8. The molecule has 2 aliphatic rings. The normalized spacial score (nSPS) is 24.9. The van der Waals surface area contributed by atoms with Crippen LogP contribution in [0.4, 0.5) is 0 Å². The number of benzene rings is 1. The summed E-state index contributed by atoms with van der Waals surface area (Å²) in [5.74, 6) is 0.744. The molecule has 0 fully saturated rings. The molecule has 2 unspecified atom stereocenters. The Morgan fingerprint density at radius 3 is 2.94 bits per heavy atom. The molecule has 2 heterocycles. The van der Waals surface area contributed by atoms with Crippen LogP contribution in [0.3, 0.4) is 0 Å². The summed E-state index contributed by atoms with van der Waals surface area (Å²) in [5.41, 5.74) is 6.71. The standard InChI is InChI=1S/C12H13N5O/c13-12-16-10-9(14-7-15-10)11(17-12)18-6-8-4-2-1-3-5-8/h1-5,7,9-10H,6H2,(H2,13,16)(H,14,15). The van der Waals surface area contributed by atoms with Gasteiger partial charge in [0.25, 0.3) is 0 Å². The third-order valence-corrected chi connectivity index (χ3v) is 2.76. The van der Waals surface area contributed by atoms with Gasteiger partial charge >= 0.3 is 0 Å². The summed E-state index contributed by atoms with van der Waals surface area (Å²) in [4.78, 5) is 12.4. The lowest BCUT2D eigenvalue weighted by Crippen LogP contribution is -2.44. The maximum atomic E-state index is 5.70. The number of nitrogens with zero attached hydrogens (tertiary/aromatic N) is 3. The van der Waals surface area contributed by atoms with Gasteiger partial charge in [-0.05, 0) is 5.56 Å². The van der Waals surface area contributed by atoms with E-state index in [0.717, 1.165) is 5.56 Å². The molecule has 0 aromatic heterocycles. The van der Waals surface area contributed by atoms with E-state index in [1.54, 1.807) is 6.34 Å². The molecule has 0 amide bonds. The minimum Gasteiger partial charge on any atom is -0.474 e. The number of ether oxygens (including phenoxy) is 1. The molecule has 2 atom stereocenters. The fourth-order valence-electron chi connectivity index (χ4n) is 1.88. The molecule has 0 aliphatic carbocycles. The lowest BCUT2D eigenvalue weighted by molar-refractivity contribution is 0.272. The van der Waals surface area contributed by atoms with E-state index in [1.807, 2.05) is 30.3 Å². The Kier molecular flexibility index (Phi) is 2.68. The smallest absolute Gasteiger partial charge is 0.220 e. The van der Waals surface area contributed by atoms with Gasteiger partial charge in [-0.1, -0.05) is 30.3 Å². The van der Waals surface area contributed by atoms with Crippen LogP contribution < -0.4 is 11.1 Å². The predicted octanol–water partition coefficient (Wildman–Crippen LogP) is 0.256. The summed E-state index contributed by atoms with van der Waals surface area (Å²) >= 11 is 0. The minimum atomic E-state index is -0.256. The number of hydrogen-bond acceptors (Lipinski definition) is 6. The van der Waals surface area contributed by atoms with Gasteiger partial charge in [0.2, 0.25) is 11.9 Å². The summed E-state index contributed by atoms with van der Waals surface area (Å²) in [6, 6.07) is 9.76. The Labute approximate surface area is 104 Å². The molecular weight excluding hydrogens is 230 g/mol. The van der Waals surface area contributed by atoms with Crippen LogP contribution in [0.25, 0.3) is 0 Å². The fraction of sp³-hybridized carbons (Fsp3) is 0.250. The van der Waals surface area contributed by atoms with Crippen LogP contribution in [0.5, 0.6) is 0 Å². The Hall–Kier alpha value is -2.37. The highest BCUT2D eigenvalue weighted by molar-refractivity contribution is 5.99. The van der Waals surface area contributed by atoms with Gasteiger partial charge in [-0.3, -0.25) is 0 Å². The molecule has 2 aliphatic heterocycles. The molecular formula is C12H13N5O. The van der Waals surface area contributed by atoms with E-state index < -0.39 is 0 Å². The van der Waals surface area contributed by atoms with Gasteiger partial charge in [0.05, 0.1) is 6.34 Å². The summed E-state index contributed by atoms with van der Waals surface area (Å²) < 4.78 is 5.70. The topological polar surface area (TPSA) is 84.4 Å². The van der Waals surface area contributed by atoms with Crippen molar-refractivity contribution in [2.24, 2.45) is 20.7 Å². The molecule has 0 radical (unpaired) electrons. The highest BCUT2D eigenvalue weighted by Gasteiger charge is 2.33. The maximum absolute atomic E-state index is 5.70. The summed E-state index contributed by atoms with van der Waals surface area (Å²) in [6.45, 7) is 0.456. The van der Waals surface area contributed by atoms with E-state index in [9.17, 15) is 0 Å². The van der Waals surface area contributed by atoms with Gasteiger partial charge in [0.1, 0.15) is 12.6 Å². The molecule has 0 spiro atoms. The second kappa shape index (κ2) is 4.48. The quantitative estimate of drug-likeness (QED) is 0.781. The Morgan fingerprint density at radius 2 is 2.11 bits per heavy atom. The Morgan fingerprint density at radius 1 is 1.28 bits per heavy atom. The third-order valence-electron chi connectivity index (χ3n) is 2.76. The first-order chi connectivity index (χ1) is 8.83. The molecule has 18 heavy (non-hydrogen) atoms. The fourth-order valence-corrected chi connectivity index (χ4v) is 1.88. The van der Waals surface area contributed by atoms with E-state index in [1.165, 1.54) is 0 Å². The van der Waals surface area contributed by atoms with E-state index in [0.29, 0.717) is 12.5 Å². The largest absolute Gasteiger partial charge is 0.474 e. The number of hydrogen-bond donors (Lipinski definition) is 2. The van der Waals surface area contributed by atoms with Crippen LogP contribution in [0, 0.1) is 0 Å². The van der Waals surface area contributed by atoms with Crippen LogP contribution in [0.2, 0.25) is 0 Å². The van der Waals surface area contributed by atoms with Crippen molar-refractivity contribution in [2.45, 2.75) is 18.8 Å². The van der Waals surface area contributed by atoms with Crippen molar-refractivity contribution < 1.29 is 4.74 Å². The van der Waals surface area contributed by atoms with Crippen LogP contribution in [-0.2, 0) is 11.3 Å². The molecule has 6 nitrogen and oxygen atoms in total. The number of nitrogens with two attached hydrogens (primary N) is 1. The third kappa shape index (κ3) is 2.04. The maximum Gasteiger partial charge on any atom is 0.220 e. The molecule has 92 valence electrons. The minimum absolute atomic E-state index is 0.138. The SMILES string of the molecule is NC1=NC2N=CNC2C(OCc2ccccc2)=N1. The van der Waals surface area contributed by atoms with Crippen molar-refractivity contribution >= 4 is 18.2 Å². The lowest BCUT2D eigenvalue weighted by atomic mass is 10.2. The van der Waals surface area contributed by atoms with Crippen molar-refractivity contribution in [1.29, 1.82) is 0 Å². The van der Waals surface area contributed by atoms with Crippen molar-refractivity contribution in [3.05, 3.63) is 35.9 Å². The first-order valence-electron chi connectivity index (χ1n) is 5.69. The first-order valence-corrected chi connectivity index (χ1v) is 5.69. The van der Waals surface area contributed by atoms with Gasteiger partial charge in [-0.25, -0.2) is 9.98 Å². The molecule has 3 N–H and O–H groups in total. The molecule has 0 saturated carbocycles. The van der Waals surface area contributed by atoms with Crippen LogP contribution >= 0.6 is 0 Å². The Balaban J connectivity index is 1.71. The second-order valence-electron chi connectivity index (χ2n) is 4.05. The van der Waals surface area contributed by atoms with E-state index in [4.69, 9.17) is 10.5 Å². The van der Waals surface area contributed by atoms with Crippen molar-refractivity contribution in [3.8, 4) is 0 Å². The van der Waals surface area contributed by atoms with Crippen LogP contribution in [0.15, 0.2) is 45.3 Å². The van der Waals surface area contributed by atoms with Crippen molar-refractivity contribution in [3.63, 3.8) is 0 Å². The molecule has 3 rings (SSSR count). The van der Waals surface area contributed by atoms with E-state index in [2.05, 4.69) is 20.3 Å². The van der Waals surface area contributed by atoms with Gasteiger partial charge in [0, 0.05) is 0 Å². The number of guanidine groups is 1. The monoisotopic (exact) mass is 243 g/mol. The number of nitrogens with one attached hydrogen (secondary N) is 1. The summed E-state index contributed by atoms with van der Waals surface area (Å²) in [6.07, 6.45) is 1.35.